The van der Waals surface area contributed by atoms with Crippen molar-refractivity contribution >= 4 is 17.9 Å². The molecule has 1 heterocycles. The Labute approximate surface area is 153 Å². The molecule has 0 bridgehead atoms. The Bertz CT molecular complexity index is 788. The molecule has 2 N–H and O–H groups in total. The number of aromatic nitrogens is 1. The normalized spacial score (nSPS) is 11.8. The summed E-state index contributed by atoms with van der Waals surface area (Å²) in [6, 6.07) is 9.18. The number of amides is 2. The van der Waals surface area contributed by atoms with Gasteiger partial charge < -0.3 is 15.4 Å². The molecule has 0 aliphatic rings. The van der Waals surface area contributed by atoms with E-state index in [1.54, 1.807) is 31.6 Å². The van der Waals surface area contributed by atoms with Gasteiger partial charge in [0.25, 0.3) is 0 Å². The molecule has 6 nitrogen and oxygen atoms in total. The van der Waals surface area contributed by atoms with Crippen molar-refractivity contribution in [2.75, 3.05) is 13.7 Å². The summed E-state index contributed by atoms with van der Waals surface area (Å²) in [5.74, 6) is 0.0980. The van der Waals surface area contributed by atoms with Gasteiger partial charge in [-0.25, -0.2) is 0 Å². The van der Waals surface area contributed by atoms with E-state index in [-0.39, 0.29) is 24.4 Å². The summed E-state index contributed by atoms with van der Waals surface area (Å²) in [5, 5.41) is 5.42. The molecule has 136 valence electrons. The highest BCUT2D eigenvalue weighted by atomic mass is 16.5. The number of benzene rings is 1. The lowest BCUT2D eigenvalue weighted by Crippen LogP contribution is -2.37. The van der Waals surface area contributed by atoms with Crippen LogP contribution in [0, 0.1) is 6.92 Å². The molecule has 0 radical (unpaired) electrons. The van der Waals surface area contributed by atoms with E-state index >= 15 is 0 Å². The number of aryl methyl sites for hydroxylation is 1. The van der Waals surface area contributed by atoms with Crippen molar-refractivity contribution in [3.05, 3.63) is 65.5 Å². The van der Waals surface area contributed by atoms with Crippen LogP contribution in [0.4, 0.5) is 0 Å². The van der Waals surface area contributed by atoms with Crippen LogP contribution in [-0.4, -0.2) is 30.5 Å². The summed E-state index contributed by atoms with van der Waals surface area (Å²) < 4.78 is 5.34. The van der Waals surface area contributed by atoms with Crippen molar-refractivity contribution in [2.45, 2.75) is 19.9 Å². The number of methoxy groups -OCH3 is 1. The Hall–Kier alpha value is -3.15. The highest BCUT2D eigenvalue weighted by molar-refractivity contribution is 5.94. The van der Waals surface area contributed by atoms with Gasteiger partial charge in [0.2, 0.25) is 11.8 Å². The van der Waals surface area contributed by atoms with Crippen molar-refractivity contribution < 1.29 is 14.3 Å². The minimum Gasteiger partial charge on any atom is -0.496 e. The lowest BCUT2D eigenvalue weighted by molar-refractivity contribution is -0.124. The predicted molar refractivity (Wildman–Crippen MR) is 101 cm³/mol. The second-order valence-corrected chi connectivity index (χ2v) is 5.87. The van der Waals surface area contributed by atoms with Crippen LogP contribution < -0.4 is 15.4 Å². The first-order chi connectivity index (χ1) is 12.5. The van der Waals surface area contributed by atoms with Crippen LogP contribution >= 0.6 is 0 Å². The first-order valence-corrected chi connectivity index (χ1v) is 8.29. The zero-order chi connectivity index (χ0) is 18.9. The molecule has 0 spiro atoms. The van der Waals surface area contributed by atoms with Gasteiger partial charge >= 0.3 is 0 Å². The van der Waals surface area contributed by atoms with Crippen molar-refractivity contribution in [1.82, 2.24) is 15.6 Å². The van der Waals surface area contributed by atoms with Crippen LogP contribution in [0.2, 0.25) is 0 Å². The fourth-order valence-electron chi connectivity index (χ4n) is 2.44. The zero-order valence-corrected chi connectivity index (χ0v) is 15.2. The predicted octanol–water partition coefficient (Wildman–Crippen LogP) is 2.41. The van der Waals surface area contributed by atoms with E-state index in [0.717, 1.165) is 16.7 Å². The van der Waals surface area contributed by atoms with Crippen LogP contribution in [0.1, 0.15) is 29.7 Å². The van der Waals surface area contributed by atoms with Gasteiger partial charge in [-0.15, -0.1) is 0 Å². The molecule has 0 aliphatic carbocycles. The Morgan fingerprint density at radius 1 is 1.31 bits per heavy atom. The molecule has 2 amide bonds. The molecule has 0 aliphatic heterocycles. The minimum absolute atomic E-state index is 0.102. The Morgan fingerprint density at radius 2 is 2.12 bits per heavy atom. The Morgan fingerprint density at radius 3 is 2.81 bits per heavy atom. The second kappa shape index (κ2) is 9.36. The number of carbonyl (C=O) groups is 2. The maximum Gasteiger partial charge on any atom is 0.244 e. The maximum absolute atomic E-state index is 12.1. The van der Waals surface area contributed by atoms with Gasteiger partial charge in [0.15, 0.2) is 0 Å². The van der Waals surface area contributed by atoms with E-state index in [1.807, 2.05) is 38.1 Å². The van der Waals surface area contributed by atoms with E-state index in [0.29, 0.717) is 5.75 Å². The molecule has 0 saturated heterocycles. The quantitative estimate of drug-likeness (QED) is 0.749. The third-order valence-corrected chi connectivity index (χ3v) is 3.76. The van der Waals surface area contributed by atoms with Crippen LogP contribution in [0.25, 0.3) is 6.08 Å². The first kappa shape index (κ1) is 19.2. The van der Waals surface area contributed by atoms with E-state index in [2.05, 4.69) is 15.6 Å². The average molecular weight is 353 g/mol. The third-order valence-electron chi connectivity index (χ3n) is 3.76. The number of nitrogens with zero attached hydrogens (tertiary/aromatic N) is 1. The molecular weight excluding hydrogens is 330 g/mol. The molecule has 1 atom stereocenters. The zero-order valence-electron chi connectivity index (χ0n) is 15.2. The Kier molecular flexibility index (Phi) is 6.91. The molecular formula is C20H23N3O3. The van der Waals surface area contributed by atoms with Crippen molar-refractivity contribution in [3.63, 3.8) is 0 Å². The number of ether oxygens (including phenoxy) is 1. The number of pyridine rings is 1. The van der Waals surface area contributed by atoms with Gasteiger partial charge in [-0.3, -0.25) is 14.6 Å². The van der Waals surface area contributed by atoms with Gasteiger partial charge in [0, 0.05) is 24.0 Å². The third kappa shape index (κ3) is 5.73. The van der Waals surface area contributed by atoms with Gasteiger partial charge in [0.05, 0.1) is 19.7 Å². The fraction of sp³-hybridized carbons (Fsp3) is 0.250. The number of nitrogens with one attached hydrogen (secondary N) is 2. The molecule has 26 heavy (non-hydrogen) atoms. The summed E-state index contributed by atoms with van der Waals surface area (Å²) >= 11 is 0. The molecule has 6 heteroatoms. The lowest BCUT2D eigenvalue weighted by atomic mass is 10.0. The number of hydrogen-bond donors (Lipinski definition) is 2. The maximum atomic E-state index is 12.1. The van der Waals surface area contributed by atoms with Crippen molar-refractivity contribution in [2.24, 2.45) is 0 Å². The van der Waals surface area contributed by atoms with Gasteiger partial charge in [0.1, 0.15) is 5.75 Å². The largest absolute Gasteiger partial charge is 0.496 e. The number of carbonyl (C=O) groups excluding carboxylic acids is 2. The SMILES string of the molecule is COc1ccc(C)cc1[C@H](C)NC(=O)CNC(=O)/C=C/c1cccnc1. The monoisotopic (exact) mass is 353 g/mol. The fourth-order valence-corrected chi connectivity index (χ4v) is 2.44. The minimum atomic E-state index is -0.343. The van der Waals surface area contributed by atoms with Crippen molar-refractivity contribution in [3.8, 4) is 5.75 Å². The molecule has 0 saturated carbocycles. The van der Waals surface area contributed by atoms with Gasteiger partial charge in [-0.05, 0) is 37.6 Å². The second-order valence-electron chi connectivity index (χ2n) is 5.87. The standard InChI is InChI=1S/C20H23N3O3/c1-14-6-8-18(26-3)17(11-14)15(2)23-20(25)13-22-19(24)9-7-16-5-4-10-21-12-16/h4-12,15H,13H2,1-3H3,(H,22,24)(H,23,25)/b9-7+/t15-/m0/s1. The first-order valence-electron chi connectivity index (χ1n) is 8.29. The summed E-state index contributed by atoms with van der Waals surface area (Å²) in [7, 11) is 1.59. The summed E-state index contributed by atoms with van der Waals surface area (Å²) in [5.41, 5.74) is 2.78. The Balaban J connectivity index is 1.85. The highest BCUT2D eigenvalue weighted by Crippen LogP contribution is 2.25. The topological polar surface area (TPSA) is 80.3 Å². The lowest BCUT2D eigenvalue weighted by Gasteiger charge is -2.18. The molecule has 1 aromatic heterocycles. The molecule has 0 unspecified atom stereocenters. The molecule has 2 rings (SSSR count). The van der Waals surface area contributed by atoms with E-state index in [4.69, 9.17) is 4.74 Å². The van der Waals surface area contributed by atoms with E-state index < -0.39 is 0 Å². The van der Waals surface area contributed by atoms with Gasteiger partial charge in [-0.1, -0.05) is 23.8 Å². The number of hydrogen-bond acceptors (Lipinski definition) is 4. The summed E-state index contributed by atoms with van der Waals surface area (Å²) in [6.45, 7) is 3.75. The van der Waals surface area contributed by atoms with Crippen LogP contribution in [0.3, 0.4) is 0 Å². The van der Waals surface area contributed by atoms with Crippen molar-refractivity contribution in [1.29, 1.82) is 0 Å². The average Bonchev–Trinajstić information content (AvgIpc) is 2.65. The molecule has 1 aromatic carbocycles. The van der Waals surface area contributed by atoms with E-state index in [9.17, 15) is 9.59 Å². The number of rotatable bonds is 7. The van der Waals surface area contributed by atoms with Gasteiger partial charge in [-0.2, -0.15) is 0 Å². The highest BCUT2D eigenvalue weighted by Gasteiger charge is 2.14. The van der Waals surface area contributed by atoms with Crippen LogP contribution in [-0.2, 0) is 9.59 Å². The van der Waals surface area contributed by atoms with E-state index in [1.165, 1.54) is 6.08 Å². The van der Waals surface area contributed by atoms with Crippen LogP contribution in [0.15, 0.2) is 48.8 Å². The molecule has 2 aromatic rings. The molecule has 0 fully saturated rings. The summed E-state index contributed by atoms with van der Waals surface area (Å²) in [6.07, 6.45) is 6.32. The summed E-state index contributed by atoms with van der Waals surface area (Å²) in [4.78, 5) is 27.9. The van der Waals surface area contributed by atoms with Crippen LogP contribution in [0.5, 0.6) is 5.75 Å². The smallest absolute Gasteiger partial charge is 0.244 e.